The summed E-state index contributed by atoms with van der Waals surface area (Å²) in [5.74, 6) is -0.115. The molecule has 1 N–H and O–H groups in total. The Kier molecular flexibility index (Phi) is 5.86. The van der Waals surface area contributed by atoms with Gasteiger partial charge in [-0.1, -0.05) is 30.3 Å². The summed E-state index contributed by atoms with van der Waals surface area (Å²) in [6.45, 7) is 0.411. The molecular formula is C20H18N2O3S. The van der Waals surface area contributed by atoms with Gasteiger partial charge in [-0.15, -0.1) is 11.8 Å². The van der Waals surface area contributed by atoms with E-state index in [1.807, 2.05) is 30.3 Å². The summed E-state index contributed by atoms with van der Waals surface area (Å²) in [6.07, 6.45) is 1.75. The van der Waals surface area contributed by atoms with E-state index in [0.717, 1.165) is 21.4 Å². The second-order valence-electron chi connectivity index (χ2n) is 5.59. The molecule has 0 aliphatic carbocycles. The van der Waals surface area contributed by atoms with Gasteiger partial charge in [0, 0.05) is 23.0 Å². The van der Waals surface area contributed by atoms with Crippen LogP contribution in [-0.4, -0.2) is 29.7 Å². The molecule has 0 aliphatic rings. The number of aromatic nitrogens is 1. The van der Waals surface area contributed by atoms with Gasteiger partial charge in [0.25, 0.3) is 0 Å². The number of hydrogen-bond acceptors (Lipinski definition) is 5. The Morgan fingerprint density at radius 3 is 2.62 bits per heavy atom. The number of thioether (sulfide) groups is 1. The largest absolute Gasteiger partial charge is 0.465 e. The summed E-state index contributed by atoms with van der Waals surface area (Å²) < 4.78 is 4.66. The molecule has 6 heteroatoms. The Labute approximate surface area is 155 Å². The van der Waals surface area contributed by atoms with Crippen molar-refractivity contribution >= 4 is 34.5 Å². The van der Waals surface area contributed by atoms with E-state index in [-0.39, 0.29) is 11.9 Å². The molecule has 1 aromatic heterocycles. The van der Waals surface area contributed by atoms with Crippen LogP contribution in [0.15, 0.2) is 65.7 Å². The minimum atomic E-state index is -0.374. The van der Waals surface area contributed by atoms with Crippen LogP contribution in [0.3, 0.4) is 0 Å². The lowest BCUT2D eigenvalue weighted by atomic mass is 10.1. The molecule has 1 amide bonds. The highest BCUT2D eigenvalue weighted by Gasteiger charge is 2.08. The predicted molar refractivity (Wildman–Crippen MR) is 102 cm³/mol. The summed E-state index contributed by atoms with van der Waals surface area (Å²) in [6, 6.07) is 16.8. The zero-order valence-corrected chi connectivity index (χ0v) is 15.1. The highest BCUT2D eigenvalue weighted by Crippen LogP contribution is 2.25. The lowest BCUT2D eigenvalue weighted by Crippen LogP contribution is -2.24. The maximum atomic E-state index is 12.1. The Morgan fingerprint density at radius 1 is 1.08 bits per heavy atom. The molecule has 3 aromatic rings. The van der Waals surface area contributed by atoms with Gasteiger partial charge >= 0.3 is 5.97 Å². The number of methoxy groups -OCH3 is 1. The molecule has 5 nitrogen and oxygen atoms in total. The topological polar surface area (TPSA) is 68.3 Å². The van der Waals surface area contributed by atoms with Crippen LogP contribution in [0.1, 0.15) is 15.9 Å². The smallest absolute Gasteiger partial charge is 0.337 e. The molecule has 0 spiro atoms. The van der Waals surface area contributed by atoms with E-state index in [1.165, 1.54) is 18.9 Å². The van der Waals surface area contributed by atoms with Gasteiger partial charge in [0.15, 0.2) is 0 Å². The molecule has 0 unspecified atom stereocenters. The first-order valence-corrected chi connectivity index (χ1v) is 9.06. The van der Waals surface area contributed by atoms with Gasteiger partial charge in [-0.3, -0.25) is 9.78 Å². The van der Waals surface area contributed by atoms with Crippen molar-refractivity contribution in [2.75, 3.05) is 12.9 Å². The minimum Gasteiger partial charge on any atom is -0.465 e. The van der Waals surface area contributed by atoms with Gasteiger partial charge < -0.3 is 10.1 Å². The first kappa shape index (κ1) is 17.9. The van der Waals surface area contributed by atoms with E-state index in [1.54, 1.807) is 30.5 Å². The number of ether oxygens (including phenoxy) is 1. The van der Waals surface area contributed by atoms with E-state index >= 15 is 0 Å². The van der Waals surface area contributed by atoms with Crippen LogP contribution in [0, 0.1) is 0 Å². The fourth-order valence-corrected chi connectivity index (χ4v) is 3.33. The van der Waals surface area contributed by atoms with E-state index < -0.39 is 0 Å². The average Bonchev–Trinajstić information content (AvgIpc) is 2.70. The Hall–Kier alpha value is -2.86. The van der Waals surface area contributed by atoms with Crippen LogP contribution >= 0.6 is 11.8 Å². The molecule has 2 aromatic carbocycles. The molecule has 26 heavy (non-hydrogen) atoms. The Bertz CT molecular complexity index is 920. The normalized spacial score (nSPS) is 10.5. The SMILES string of the molecule is COC(=O)c1ccc(CNC(=O)CSc2cccc3cccnc23)cc1. The van der Waals surface area contributed by atoms with Crippen molar-refractivity contribution in [3.63, 3.8) is 0 Å². The molecule has 0 saturated carbocycles. The van der Waals surface area contributed by atoms with Crippen molar-refractivity contribution in [1.29, 1.82) is 0 Å². The number of nitrogens with one attached hydrogen (secondary N) is 1. The van der Waals surface area contributed by atoms with Crippen molar-refractivity contribution in [2.45, 2.75) is 11.4 Å². The highest BCUT2D eigenvalue weighted by atomic mass is 32.2. The van der Waals surface area contributed by atoms with Crippen LogP contribution in [-0.2, 0) is 16.1 Å². The van der Waals surface area contributed by atoms with Crippen LogP contribution in [0.25, 0.3) is 10.9 Å². The zero-order valence-electron chi connectivity index (χ0n) is 14.3. The highest BCUT2D eigenvalue weighted by molar-refractivity contribution is 8.00. The number of carbonyl (C=O) groups is 2. The number of para-hydroxylation sites is 1. The number of esters is 1. The first-order valence-electron chi connectivity index (χ1n) is 8.08. The van der Waals surface area contributed by atoms with Gasteiger partial charge in [0.05, 0.1) is 23.9 Å². The number of amides is 1. The van der Waals surface area contributed by atoms with Gasteiger partial charge in [-0.2, -0.15) is 0 Å². The van der Waals surface area contributed by atoms with Gasteiger partial charge in [-0.05, 0) is 29.8 Å². The Morgan fingerprint density at radius 2 is 1.85 bits per heavy atom. The number of benzene rings is 2. The van der Waals surface area contributed by atoms with Crippen LogP contribution in [0.2, 0.25) is 0 Å². The molecule has 3 rings (SSSR count). The number of rotatable bonds is 6. The number of nitrogens with zero attached hydrogens (tertiary/aromatic N) is 1. The fourth-order valence-electron chi connectivity index (χ4n) is 2.46. The lowest BCUT2D eigenvalue weighted by molar-refractivity contribution is -0.118. The molecular weight excluding hydrogens is 348 g/mol. The average molecular weight is 366 g/mol. The molecule has 1 heterocycles. The van der Waals surface area contributed by atoms with Crippen molar-refractivity contribution in [1.82, 2.24) is 10.3 Å². The molecule has 0 radical (unpaired) electrons. The number of fused-ring (bicyclic) bond motifs is 1. The van der Waals surface area contributed by atoms with Crippen molar-refractivity contribution in [2.24, 2.45) is 0 Å². The van der Waals surface area contributed by atoms with Crippen LogP contribution < -0.4 is 5.32 Å². The van der Waals surface area contributed by atoms with Gasteiger partial charge in [0.1, 0.15) is 0 Å². The third-order valence-electron chi connectivity index (χ3n) is 3.82. The predicted octanol–water partition coefficient (Wildman–Crippen LogP) is 3.43. The van der Waals surface area contributed by atoms with Crippen molar-refractivity contribution in [3.05, 3.63) is 71.9 Å². The number of pyridine rings is 1. The number of carbonyl (C=O) groups excluding carboxylic acids is 2. The van der Waals surface area contributed by atoms with E-state index in [2.05, 4.69) is 15.0 Å². The van der Waals surface area contributed by atoms with Crippen LogP contribution in [0.4, 0.5) is 0 Å². The van der Waals surface area contributed by atoms with E-state index in [9.17, 15) is 9.59 Å². The van der Waals surface area contributed by atoms with E-state index in [4.69, 9.17) is 0 Å². The molecule has 132 valence electrons. The molecule has 0 atom stereocenters. The number of hydrogen-bond donors (Lipinski definition) is 1. The third-order valence-corrected chi connectivity index (χ3v) is 4.87. The minimum absolute atomic E-state index is 0.0556. The monoisotopic (exact) mass is 366 g/mol. The molecule has 0 fully saturated rings. The maximum Gasteiger partial charge on any atom is 0.337 e. The summed E-state index contributed by atoms with van der Waals surface area (Å²) in [7, 11) is 1.35. The molecule has 0 aliphatic heterocycles. The Balaban J connectivity index is 1.53. The maximum absolute atomic E-state index is 12.1. The lowest BCUT2D eigenvalue weighted by Gasteiger charge is -2.07. The summed E-state index contributed by atoms with van der Waals surface area (Å²) >= 11 is 1.47. The quantitative estimate of drug-likeness (QED) is 0.535. The summed E-state index contributed by atoms with van der Waals surface area (Å²) in [5, 5.41) is 3.94. The summed E-state index contributed by atoms with van der Waals surface area (Å²) in [5.41, 5.74) is 2.32. The van der Waals surface area contributed by atoms with Crippen molar-refractivity contribution in [3.8, 4) is 0 Å². The molecule has 0 bridgehead atoms. The fraction of sp³-hybridized carbons (Fsp3) is 0.150. The third kappa shape index (κ3) is 4.40. The van der Waals surface area contributed by atoms with Gasteiger partial charge in [-0.25, -0.2) is 4.79 Å². The van der Waals surface area contributed by atoms with E-state index in [0.29, 0.717) is 17.9 Å². The molecule has 0 saturated heterocycles. The van der Waals surface area contributed by atoms with Crippen LogP contribution in [0.5, 0.6) is 0 Å². The van der Waals surface area contributed by atoms with Gasteiger partial charge in [0.2, 0.25) is 5.91 Å². The van der Waals surface area contributed by atoms with Crippen molar-refractivity contribution < 1.29 is 14.3 Å². The second-order valence-corrected chi connectivity index (χ2v) is 6.60. The first-order chi connectivity index (χ1) is 12.7. The summed E-state index contributed by atoms with van der Waals surface area (Å²) in [4.78, 5) is 28.9. The second kappa shape index (κ2) is 8.49. The standard InChI is InChI=1S/C20H18N2O3S/c1-25-20(24)16-9-7-14(8-10-16)12-22-18(23)13-26-17-6-2-4-15-5-3-11-21-19(15)17/h2-11H,12-13H2,1H3,(H,22,23). The zero-order chi connectivity index (χ0) is 18.4.